The maximum atomic E-state index is 6.48. The molecule has 0 saturated heterocycles. The van der Waals surface area contributed by atoms with E-state index in [1.165, 1.54) is 43.4 Å². The van der Waals surface area contributed by atoms with Crippen LogP contribution in [0.4, 0.5) is 0 Å². The summed E-state index contributed by atoms with van der Waals surface area (Å²) in [5.74, 6) is 0.820. The summed E-state index contributed by atoms with van der Waals surface area (Å²) < 4.78 is 2.09. The third-order valence-corrected chi connectivity index (χ3v) is 4.46. The van der Waals surface area contributed by atoms with Crippen molar-refractivity contribution in [2.45, 2.75) is 57.9 Å². The first-order chi connectivity index (χ1) is 7.77. The Bertz CT molecular complexity index is 393. The van der Waals surface area contributed by atoms with Gasteiger partial charge in [-0.25, -0.2) is 0 Å². The lowest BCUT2D eigenvalue weighted by Gasteiger charge is -2.12. The van der Waals surface area contributed by atoms with Crippen molar-refractivity contribution >= 4 is 11.6 Å². The van der Waals surface area contributed by atoms with E-state index in [1.54, 1.807) is 0 Å². The van der Waals surface area contributed by atoms with Gasteiger partial charge in [-0.1, -0.05) is 18.0 Å². The number of halogens is 1. The minimum atomic E-state index is 0.499. The molecule has 0 N–H and O–H groups in total. The molecule has 1 aromatic rings. The van der Waals surface area contributed by atoms with Crippen LogP contribution in [0, 0.1) is 5.92 Å². The van der Waals surface area contributed by atoms with Crippen molar-refractivity contribution in [3.05, 3.63) is 16.4 Å². The fourth-order valence-corrected chi connectivity index (χ4v) is 3.15. The summed E-state index contributed by atoms with van der Waals surface area (Å²) in [4.78, 5) is 0. The number of hydrogen-bond acceptors (Lipinski definition) is 1. The zero-order valence-electron chi connectivity index (χ0n) is 9.88. The molecule has 0 amide bonds. The average molecular weight is 239 g/mol. The van der Waals surface area contributed by atoms with Crippen LogP contribution in [0.5, 0.6) is 0 Å². The number of aromatic nitrogens is 2. The van der Waals surface area contributed by atoms with E-state index in [9.17, 15) is 0 Å². The number of aryl methyl sites for hydroxylation is 1. The van der Waals surface area contributed by atoms with Crippen molar-refractivity contribution < 1.29 is 0 Å². The highest BCUT2D eigenvalue weighted by atomic mass is 35.5. The van der Waals surface area contributed by atoms with Gasteiger partial charge in [0.25, 0.3) is 0 Å². The summed E-state index contributed by atoms with van der Waals surface area (Å²) in [6.45, 7) is 2.26. The second-order valence-electron chi connectivity index (χ2n) is 5.30. The maximum absolute atomic E-state index is 6.48. The van der Waals surface area contributed by atoms with Gasteiger partial charge in [-0.05, 0) is 51.4 Å². The summed E-state index contributed by atoms with van der Waals surface area (Å²) in [6, 6.07) is 0.499. The fraction of sp³-hybridized carbons (Fsp3) is 0.769. The van der Waals surface area contributed by atoms with Crippen molar-refractivity contribution in [3.8, 4) is 0 Å². The van der Waals surface area contributed by atoms with Gasteiger partial charge in [-0.15, -0.1) is 0 Å². The highest BCUT2D eigenvalue weighted by Gasteiger charge is 2.32. The molecular formula is C13H19ClN2. The van der Waals surface area contributed by atoms with Gasteiger partial charge in [0.05, 0.1) is 11.7 Å². The van der Waals surface area contributed by atoms with Gasteiger partial charge in [0.15, 0.2) is 0 Å². The molecule has 1 atom stereocenters. The quantitative estimate of drug-likeness (QED) is 0.717. The first-order valence-electron chi connectivity index (χ1n) is 6.53. The predicted octanol–water partition coefficient (Wildman–Crippen LogP) is 3.78. The Labute approximate surface area is 102 Å². The summed E-state index contributed by atoms with van der Waals surface area (Å²) in [6.07, 6.45) is 8.83. The summed E-state index contributed by atoms with van der Waals surface area (Å²) in [7, 11) is 0. The van der Waals surface area contributed by atoms with Crippen LogP contribution in [0.2, 0.25) is 5.15 Å². The molecule has 2 nitrogen and oxygen atoms in total. The Hall–Kier alpha value is -0.500. The highest BCUT2D eigenvalue weighted by molar-refractivity contribution is 6.30. The Kier molecular flexibility index (Phi) is 2.70. The monoisotopic (exact) mass is 238 g/mol. The van der Waals surface area contributed by atoms with E-state index in [0.29, 0.717) is 6.04 Å². The van der Waals surface area contributed by atoms with E-state index in [0.717, 1.165) is 23.9 Å². The largest absolute Gasteiger partial charge is 0.250 e. The molecule has 0 spiro atoms. The molecule has 1 saturated carbocycles. The number of rotatable bonds is 2. The van der Waals surface area contributed by atoms with Crippen molar-refractivity contribution in [3.63, 3.8) is 0 Å². The van der Waals surface area contributed by atoms with E-state index in [-0.39, 0.29) is 0 Å². The van der Waals surface area contributed by atoms with Gasteiger partial charge < -0.3 is 0 Å². The van der Waals surface area contributed by atoms with Gasteiger partial charge >= 0.3 is 0 Å². The summed E-state index contributed by atoms with van der Waals surface area (Å²) in [5, 5.41) is 5.68. The highest BCUT2D eigenvalue weighted by Crippen LogP contribution is 2.41. The third-order valence-electron chi connectivity index (χ3n) is 4.06. The second kappa shape index (κ2) is 4.06. The SMILES string of the molecule is CC(C1CC1)n1nc2c(c1Cl)CCCCC2. The fourth-order valence-electron chi connectivity index (χ4n) is 2.76. The number of hydrogen-bond donors (Lipinski definition) is 0. The van der Waals surface area contributed by atoms with Crippen LogP contribution in [0.15, 0.2) is 0 Å². The molecule has 0 aromatic carbocycles. The Morgan fingerprint density at radius 1 is 1.25 bits per heavy atom. The van der Waals surface area contributed by atoms with Crippen LogP contribution in [0.3, 0.4) is 0 Å². The first-order valence-corrected chi connectivity index (χ1v) is 6.91. The van der Waals surface area contributed by atoms with Gasteiger partial charge in [-0.2, -0.15) is 5.10 Å². The van der Waals surface area contributed by atoms with E-state index in [2.05, 4.69) is 11.6 Å². The molecule has 0 aliphatic heterocycles. The number of fused-ring (bicyclic) bond motifs is 1. The van der Waals surface area contributed by atoms with E-state index < -0.39 is 0 Å². The second-order valence-corrected chi connectivity index (χ2v) is 5.66. The molecule has 88 valence electrons. The van der Waals surface area contributed by atoms with Crippen LogP contribution in [0.1, 0.15) is 56.3 Å². The molecule has 0 bridgehead atoms. The first kappa shape index (κ1) is 10.6. The van der Waals surface area contributed by atoms with Gasteiger partial charge in [0.2, 0.25) is 0 Å². The molecule has 3 rings (SSSR count). The summed E-state index contributed by atoms with van der Waals surface area (Å²) in [5.41, 5.74) is 2.61. The normalized spacial score (nSPS) is 22.6. The van der Waals surface area contributed by atoms with Gasteiger partial charge in [0, 0.05) is 5.56 Å². The van der Waals surface area contributed by atoms with E-state index in [4.69, 9.17) is 16.7 Å². The molecule has 2 aliphatic rings. The molecule has 1 unspecified atom stereocenters. The van der Waals surface area contributed by atoms with Crippen LogP contribution >= 0.6 is 11.6 Å². The van der Waals surface area contributed by atoms with E-state index in [1.807, 2.05) is 0 Å². The van der Waals surface area contributed by atoms with Gasteiger partial charge in [-0.3, -0.25) is 4.68 Å². The Balaban J connectivity index is 1.94. The van der Waals surface area contributed by atoms with Crippen molar-refractivity contribution in [1.82, 2.24) is 9.78 Å². The zero-order valence-corrected chi connectivity index (χ0v) is 10.6. The van der Waals surface area contributed by atoms with Crippen molar-refractivity contribution in [1.29, 1.82) is 0 Å². The molecule has 2 aliphatic carbocycles. The van der Waals surface area contributed by atoms with Crippen molar-refractivity contribution in [2.75, 3.05) is 0 Å². The predicted molar refractivity (Wildman–Crippen MR) is 65.9 cm³/mol. The summed E-state index contributed by atoms with van der Waals surface area (Å²) >= 11 is 6.48. The third kappa shape index (κ3) is 1.77. The topological polar surface area (TPSA) is 17.8 Å². The minimum absolute atomic E-state index is 0.499. The lowest BCUT2D eigenvalue weighted by atomic mass is 10.1. The molecule has 3 heteroatoms. The van der Waals surface area contributed by atoms with Gasteiger partial charge in [0.1, 0.15) is 5.15 Å². The molecular weight excluding hydrogens is 220 g/mol. The van der Waals surface area contributed by atoms with Crippen LogP contribution in [-0.4, -0.2) is 9.78 Å². The molecule has 1 fully saturated rings. The minimum Gasteiger partial charge on any atom is -0.250 e. The lowest BCUT2D eigenvalue weighted by Crippen LogP contribution is -2.09. The zero-order chi connectivity index (χ0) is 11.1. The average Bonchev–Trinajstić information content (AvgIpc) is 3.09. The maximum Gasteiger partial charge on any atom is 0.130 e. The Morgan fingerprint density at radius 2 is 2.00 bits per heavy atom. The van der Waals surface area contributed by atoms with Crippen molar-refractivity contribution in [2.24, 2.45) is 5.92 Å². The van der Waals surface area contributed by atoms with Crippen LogP contribution < -0.4 is 0 Å². The smallest absolute Gasteiger partial charge is 0.130 e. The Morgan fingerprint density at radius 3 is 2.75 bits per heavy atom. The van der Waals surface area contributed by atoms with Crippen LogP contribution in [0.25, 0.3) is 0 Å². The van der Waals surface area contributed by atoms with Crippen LogP contribution in [-0.2, 0) is 12.8 Å². The number of nitrogens with zero attached hydrogens (tertiary/aromatic N) is 2. The standard InChI is InChI=1S/C13H19ClN2/c1-9(10-7-8-10)16-13(14)11-5-3-2-4-6-12(11)15-16/h9-10H,2-8H2,1H3. The van der Waals surface area contributed by atoms with E-state index >= 15 is 0 Å². The molecule has 0 radical (unpaired) electrons. The molecule has 1 heterocycles. The molecule has 1 aromatic heterocycles. The molecule has 16 heavy (non-hydrogen) atoms. The lowest BCUT2D eigenvalue weighted by molar-refractivity contribution is 0.436.